The quantitative estimate of drug-likeness (QED) is 0.702. The number of ether oxygens (including phenoxy) is 2. The zero-order chi connectivity index (χ0) is 19.1. The fourth-order valence-corrected chi connectivity index (χ4v) is 2.76. The predicted molar refractivity (Wildman–Crippen MR) is 98.8 cm³/mol. The van der Waals surface area contributed by atoms with E-state index < -0.39 is 18.0 Å². The fourth-order valence-electron chi connectivity index (χ4n) is 1.95. The van der Waals surface area contributed by atoms with E-state index in [1.807, 2.05) is 0 Å². The van der Waals surface area contributed by atoms with Crippen LogP contribution in [0.5, 0.6) is 5.75 Å². The highest BCUT2D eigenvalue weighted by Crippen LogP contribution is 2.27. The summed E-state index contributed by atoms with van der Waals surface area (Å²) in [5.41, 5.74) is 0.360. The third-order valence-electron chi connectivity index (χ3n) is 3.24. The molecular formula is C17H17ClN2O5S. The molecule has 0 aliphatic carbocycles. The average molecular weight is 397 g/mol. The van der Waals surface area contributed by atoms with Crippen LogP contribution in [0, 0.1) is 0 Å². The molecule has 0 spiro atoms. The maximum atomic E-state index is 12.2. The van der Waals surface area contributed by atoms with Crippen LogP contribution in [0.3, 0.4) is 0 Å². The smallest absolute Gasteiger partial charge is 0.326 e. The molecule has 9 heteroatoms. The van der Waals surface area contributed by atoms with Crippen LogP contribution in [-0.4, -0.2) is 37.5 Å². The van der Waals surface area contributed by atoms with Crippen LogP contribution < -0.4 is 15.4 Å². The van der Waals surface area contributed by atoms with E-state index >= 15 is 0 Å². The van der Waals surface area contributed by atoms with Crippen molar-refractivity contribution in [3.05, 3.63) is 45.6 Å². The van der Waals surface area contributed by atoms with Crippen molar-refractivity contribution in [2.45, 2.75) is 13.0 Å². The van der Waals surface area contributed by atoms with Gasteiger partial charge in [0.1, 0.15) is 12.3 Å². The van der Waals surface area contributed by atoms with Gasteiger partial charge >= 0.3 is 5.97 Å². The summed E-state index contributed by atoms with van der Waals surface area (Å²) in [5, 5.41) is 7.19. The first-order valence-electron chi connectivity index (χ1n) is 7.56. The molecule has 2 aromatic rings. The first-order valence-corrected chi connectivity index (χ1v) is 8.82. The zero-order valence-electron chi connectivity index (χ0n) is 14.1. The van der Waals surface area contributed by atoms with E-state index in [2.05, 4.69) is 10.6 Å². The minimum atomic E-state index is -1.06. The Morgan fingerprint density at radius 2 is 2.04 bits per heavy atom. The molecule has 26 heavy (non-hydrogen) atoms. The van der Waals surface area contributed by atoms with Crippen molar-refractivity contribution in [2.75, 3.05) is 19.0 Å². The van der Waals surface area contributed by atoms with Gasteiger partial charge in [-0.1, -0.05) is 17.7 Å². The number of halogens is 1. The number of carbonyl (C=O) groups is 3. The van der Waals surface area contributed by atoms with E-state index in [1.165, 1.54) is 31.4 Å². The first-order chi connectivity index (χ1) is 12.4. The Morgan fingerprint density at radius 3 is 2.69 bits per heavy atom. The van der Waals surface area contributed by atoms with Gasteiger partial charge in [0.25, 0.3) is 11.8 Å². The molecule has 0 bridgehead atoms. The third kappa shape index (κ3) is 5.47. The number of hydrogen-bond donors (Lipinski definition) is 2. The topological polar surface area (TPSA) is 93.7 Å². The highest BCUT2D eigenvalue weighted by molar-refractivity contribution is 7.12. The van der Waals surface area contributed by atoms with Crippen LogP contribution in [0.2, 0.25) is 5.02 Å². The number of anilines is 1. The second kappa shape index (κ2) is 9.21. The molecule has 0 aliphatic heterocycles. The average Bonchev–Trinajstić information content (AvgIpc) is 3.14. The summed E-state index contributed by atoms with van der Waals surface area (Å²) in [6.07, 6.45) is -1.06. The van der Waals surface area contributed by atoms with Gasteiger partial charge < -0.3 is 20.1 Å². The van der Waals surface area contributed by atoms with E-state index in [0.29, 0.717) is 21.3 Å². The van der Waals surface area contributed by atoms with Gasteiger partial charge in [0.15, 0.2) is 6.10 Å². The Morgan fingerprint density at radius 1 is 1.27 bits per heavy atom. The number of methoxy groups -OCH3 is 1. The molecule has 7 nitrogen and oxygen atoms in total. The molecule has 2 amide bonds. The third-order valence-corrected chi connectivity index (χ3v) is 4.34. The van der Waals surface area contributed by atoms with Gasteiger partial charge in [-0.3, -0.25) is 14.4 Å². The van der Waals surface area contributed by atoms with Crippen molar-refractivity contribution in [1.29, 1.82) is 0 Å². The Labute approximate surface area is 159 Å². The Balaban J connectivity index is 1.85. The molecule has 2 N–H and O–H groups in total. The molecule has 1 atom stereocenters. The summed E-state index contributed by atoms with van der Waals surface area (Å²) in [7, 11) is 1.46. The molecule has 1 aromatic carbocycles. The molecule has 0 fully saturated rings. The molecule has 0 saturated heterocycles. The Kier molecular flexibility index (Phi) is 6.99. The van der Waals surface area contributed by atoms with Gasteiger partial charge in [0, 0.05) is 5.02 Å². The van der Waals surface area contributed by atoms with Crippen molar-refractivity contribution >= 4 is 46.4 Å². The van der Waals surface area contributed by atoms with Crippen LogP contribution in [-0.2, 0) is 14.3 Å². The van der Waals surface area contributed by atoms with E-state index in [9.17, 15) is 14.4 Å². The molecule has 1 heterocycles. The van der Waals surface area contributed by atoms with Crippen molar-refractivity contribution in [3.63, 3.8) is 0 Å². The summed E-state index contributed by atoms with van der Waals surface area (Å²) < 4.78 is 10.2. The molecule has 0 aliphatic rings. The summed E-state index contributed by atoms with van der Waals surface area (Å²) in [5.74, 6) is -1.23. The minimum Gasteiger partial charge on any atom is -0.495 e. The number of esters is 1. The summed E-state index contributed by atoms with van der Waals surface area (Å²) >= 11 is 7.16. The number of benzene rings is 1. The first kappa shape index (κ1) is 19.7. The largest absolute Gasteiger partial charge is 0.495 e. The van der Waals surface area contributed by atoms with E-state index in [-0.39, 0.29) is 12.5 Å². The van der Waals surface area contributed by atoms with Crippen LogP contribution in [0.15, 0.2) is 35.7 Å². The molecule has 0 unspecified atom stereocenters. The second-order valence-electron chi connectivity index (χ2n) is 5.13. The molecule has 138 valence electrons. The fraction of sp³-hybridized carbons (Fsp3) is 0.235. The lowest BCUT2D eigenvalue weighted by Crippen LogP contribution is -2.35. The standard InChI is InChI=1S/C17H17ClN2O5S/c1-10(16(22)20-12-8-11(18)5-6-13(12)24-2)25-15(21)9-19-17(23)14-4-3-7-26-14/h3-8,10H,9H2,1-2H3,(H,19,23)(H,20,22)/t10-/m1/s1. The maximum Gasteiger partial charge on any atom is 0.326 e. The molecule has 0 radical (unpaired) electrons. The highest BCUT2D eigenvalue weighted by Gasteiger charge is 2.20. The maximum absolute atomic E-state index is 12.2. The van der Waals surface area contributed by atoms with Crippen LogP contribution >= 0.6 is 22.9 Å². The van der Waals surface area contributed by atoms with E-state index in [4.69, 9.17) is 21.1 Å². The normalized spacial score (nSPS) is 11.3. The number of nitrogens with one attached hydrogen (secondary N) is 2. The van der Waals surface area contributed by atoms with Gasteiger partial charge in [-0.25, -0.2) is 0 Å². The number of rotatable bonds is 7. The predicted octanol–water partition coefficient (Wildman–Crippen LogP) is 2.71. The lowest BCUT2D eigenvalue weighted by molar-refractivity contribution is -0.152. The number of thiophene rings is 1. The monoisotopic (exact) mass is 396 g/mol. The van der Waals surface area contributed by atoms with Crippen LogP contribution in [0.1, 0.15) is 16.6 Å². The van der Waals surface area contributed by atoms with Crippen molar-refractivity contribution < 1.29 is 23.9 Å². The zero-order valence-corrected chi connectivity index (χ0v) is 15.6. The number of hydrogen-bond acceptors (Lipinski definition) is 6. The second-order valence-corrected chi connectivity index (χ2v) is 6.51. The number of amides is 2. The Hall–Kier alpha value is -2.58. The minimum absolute atomic E-state index is 0.338. The number of carbonyl (C=O) groups excluding carboxylic acids is 3. The highest BCUT2D eigenvalue weighted by atomic mass is 35.5. The molecule has 1 aromatic heterocycles. The molecule has 0 saturated carbocycles. The van der Waals surface area contributed by atoms with Gasteiger partial charge in [-0.05, 0) is 36.6 Å². The molecule has 2 rings (SSSR count). The Bertz CT molecular complexity index is 794. The van der Waals surface area contributed by atoms with E-state index in [1.54, 1.807) is 29.6 Å². The van der Waals surface area contributed by atoms with Crippen molar-refractivity contribution in [1.82, 2.24) is 5.32 Å². The SMILES string of the molecule is COc1ccc(Cl)cc1NC(=O)[C@@H](C)OC(=O)CNC(=O)c1cccs1. The van der Waals surface area contributed by atoms with Crippen LogP contribution in [0.25, 0.3) is 0 Å². The molecular weight excluding hydrogens is 380 g/mol. The lowest BCUT2D eigenvalue weighted by atomic mass is 10.2. The van der Waals surface area contributed by atoms with Crippen molar-refractivity contribution in [3.8, 4) is 5.75 Å². The summed E-state index contributed by atoms with van der Waals surface area (Å²) in [4.78, 5) is 36.2. The van der Waals surface area contributed by atoms with Gasteiger partial charge in [-0.2, -0.15) is 0 Å². The van der Waals surface area contributed by atoms with Gasteiger partial charge in [-0.15, -0.1) is 11.3 Å². The van der Waals surface area contributed by atoms with E-state index in [0.717, 1.165) is 0 Å². The summed E-state index contributed by atoms with van der Waals surface area (Å²) in [6.45, 7) is 1.08. The lowest BCUT2D eigenvalue weighted by Gasteiger charge is -2.15. The van der Waals surface area contributed by atoms with Gasteiger partial charge in [0.05, 0.1) is 17.7 Å². The van der Waals surface area contributed by atoms with Crippen molar-refractivity contribution in [2.24, 2.45) is 0 Å². The summed E-state index contributed by atoms with van der Waals surface area (Å²) in [6, 6.07) is 8.12. The van der Waals surface area contributed by atoms with Gasteiger partial charge in [0.2, 0.25) is 0 Å². The van der Waals surface area contributed by atoms with Crippen LogP contribution in [0.4, 0.5) is 5.69 Å².